The van der Waals surface area contributed by atoms with Gasteiger partial charge in [-0.2, -0.15) is 0 Å². The predicted octanol–water partition coefficient (Wildman–Crippen LogP) is 4.87. The fourth-order valence-electron chi connectivity index (χ4n) is 1.93. The molecule has 3 aromatic rings. The van der Waals surface area contributed by atoms with Crippen LogP contribution in [0.1, 0.15) is 10.4 Å². The molecule has 0 spiro atoms. The Morgan fingerprint density at radius 2 is 2.04 bits per heavy atom. The lowest BCUT2D eigenvalue weighted by atomic mass is 10.2. The van der Waals surface area contributed by atoms with Gasteiger partial charge in [0.05, 0.1) is 25.8 Å². The third-order valence-corrected chi connectivity index (χ3v) is 4.95. The molecule has 1 heterocycles. The van der Waals surface area contributed by atoms with Crippen LogP contribution in [0.4, 0.5) is 9.52 Å². The average Bonchev–Trinajstić information content (AvgIpc) is 2.90. The second-order valence-corrected chi connectivity index (χ2v) is 6.86. The van der Waals surface area contributed by atoms with Gasteiger partial charge in [0.2, 0.25) is 0 Å². The Bertz CT molecular complexity index is 961. The summed E-state index contributed by atoms with van der Waals surface area (Å²) in [5.74, 6) is -0.837. The number of hydrogen-bond donors (Lipinski definition) is 2. The van der Waals surface area contributed by atoms with E-state index in [1.807, 2.05) is 0 Å². The first-order chi connectivity index (χ1) is 11.4. The van der Waals surface area contributed by atoms with Gasteiger partial charge in [-0.15, -0.1) is 0 Å². The predicted molar refractivity (Wildman–Crippen MR) is 99.7 cm³/mol. The van der Waals surface area contributed by atoms with Crippen molar-refractivity contribution in [2.24, 2.45) is 0 Å². The van der Waals surface area contributed by atoms with E-state index in [4.69, 9.17) is 35.4 Å². The van der Waals surface area contributed by atoms with Crippen LogP contribution >= 0.6 is 46.8 Å². The number of anilines is 1. The molecule has 0 saturated heterocycles. The van der Waals surface area contributed by atoms with Crippen molar-refractivity contribution in [3.63, 3.8) is 0 Å². The Labute approximate surface area is 155 Å². The van der Waals surface area contributed by atoms with Crippen molar-refractivity contribution in [3.8, 4) is 0 Å². The van der Waals surface area contributed by atoms with Gasteiger partial charge in [0.1, 0.15) is 5.82 Å². The van der Waals surface area contributed by atoms with Gasteiger partial charge in [-0.25, -0.2) is 9.37 Å². The molecule has 2 N–H and O–H groups in total. The molecule has 0 atom stereocenters. The number of aromatic nitrogens is 1. The van der Waals surface area contributed by atoms with Crippen LogP contribution in [0.3, 0.4) is 0 Å². The van der Waals surface area contributed by atoms with E-state index < -0.39 is 5.91 Å². The zero-order valence-corrected chi connectivity index (χ0v) is 14.9. The third kappa shape index (κ3) is 3.64. The number of fused-ring (bicyclic) bond motifs is 1. The highest BCUT2D eigenvalue weighted by Gasteiger charge is 2.14. The minimum absolute atomic E-state index is 0.0515. The van der Waals surface area contributed by atoms with Gasteiger partial charge in [-0.1, -0.05) is 40.6 Å². The molecule has 0 saturated carbocycles. The van der Waals surface area contributed by atoms with Gasteiger partial charge in [-0.3, -0.25) is 10.1 Å². The number of hydrogen-bond acceptors (Lipinski definition) is 4. The molecule has 0 aliphatic heterocycles. The summed E-state index contributed by atoms with van der Waals surface area (Å²) < 4.78 is 13.9. The van der Waals surface area contributed by atoms with Gasteiger partial charge >= 0.3 is 0 Å². The summed E-state index contributed by atoms with van der Waals surface area (Å²) in [5, 5.41) is 6.21. The maximum atomic E-state index is 13.2. The number of nitrogens with zero attached hydrogens (tertiary/aromatic N) is 1. The van der Waals surface area contributed by atoms with Crippen LogP contribution in [0.2, 0.25) is 10.0 Å². The summed E-state index contributed by atoms with van der Waals surface area (Å²) >= 11 is 18.2. The summed E-state index contributed by atoms with van der Waals surface area (Å²) in [6.45, 7) is 0. The maximum absolute atomic E-state index is 13.2. The molecule has 2 aromatic carbocycles. The Morgan fingerprint density at radius 1 is 1.25 bits per heavy atom. The number of thiocarbonyl (C=S) groups is 1. The van der Waals surface area contributed by atoms with E-state index in [0.717, 1.165) is 0 Å². The molecule has 9 heteroatoms. The summed E-state index contributed by atoms with van der Waals surface area (Å²) in [6, 6.07) is 9.00. The topological polar surface area (TPSA) is 54.0 Å². The molecule has 1 aromatic heterocycles. The van der Waals surface area contributed by atoms with Crippen LogP contribution in [0.5, 0.6) is 0 Å². The van der Waals surface area contributed by atoms with Gasteiger partial charge in [-0.05, 0) is 42.5 Å². The molecule has 4 nitrogen and oxygen atoms in total. The van der Waals surface area contributed by atoms with Gasteiger partial charge in [0.25, 0.3) is 5.91 Å². The zero-order valence-electron chi connectivity index (χ0n) is 11.8. The van der Waals surface area contributed by atoms with E-state index in [1.165, 1.54) is 29.5 Å². The van der Waals surface area contributed by atoms with Crippen molar-refractivity contribution in [3.05, 3.63) is 57.8 Å². The molecular formula is C15H8Cl2FN3OS2. The lowest BCUT2D eigenvalue weighted by Crippen LogP contribution is -2.34. The lowest BCUT2D eigenvalue weighted by Gasteiger charge is -2.08. The summed E-state index contributed by atoms with van der Waals surface area (Å²) in [6.07, 6.45) is 0. The number of carbonyl (C=O) groups excluding carboxylic acids is 1. The second kappa shape index (κ2) is 6.98. The number of amides is 1. The van der Waals surface area contributed by atoms with E-state index in [1.54, 1.807) is 18.2 Å². The minimum Gasteiger partial charge on any atom is -0.308 e. The average molecular weight is 400 g/mol. The Balaban J connectivity index is 1.72. The molecule has 0 aliphatic rings. The highest BCUT2D eigenvalue weighted by Crippen LogP contribution is 2.27. The highest BCUT2D eigenvalue weighted by molar-refractivity contribution is 7.80. The molecule has 24 heavy (non-hydrogen) atoms. The largest absolute Gasteiger partial charge is 0.308 e. The first kappa shape index (κ1) is 17.0. The number of nitrogens with one attached hydrogen (secondary N) is 2. The standard InChI is InChI=1S/C15H8Cl2FN3OS2/c16-9-3-1-2-8(12(9)17)13(22)20-14(23)21-15-19-10-5-4-7(18)6-11(10)24-15/h1-6H,(H2,19,20,21,22,23). The molecule has 1 amide bonds. The zero-order chi connectivity index (χ0) is 17.3. The molecule has 0 bridgehead atoms. The van der Waals surface area contributed by atoms with Crippen molar-refractivity contribution in [1.82, 2.24) is 10.3 Å². The molecule has 0 fully saturated rings. The number of rotatable bonds is 2. The van der Waals surface area contributed by atoms with Crippen LogP contribution in [0.15, 0.2) is 36.4 Å². The summed E-state index contributed by atoms with van der Waals surface area (Å²) in [5.41, 5.74) is 0.843. The second-order valence-electron chi connectivity index (χ2n) is 4.64. The summed E-state index contributed by atoms with van der Waals surface area (Å²) in [7, 11) is 0. The normalized spacial score (nSPS) is 10.6. The number of carbonyl (C=O) groups is 1. The van der Waals surface area contributed by atoms with E-state index in [-0.39, 0.29) is 26.5 Å². The van der Waals surface area contributed by atoms with Gasteiger partial charge in [0.15, 0.2) is 10.2 Å². The molecule has 0 aliphatic carbocycles. The van der Waals surface area contributed by atoms with Crippen molar-refractivity contribution in [2.75, 3.05) is 5.32 Å². The molecule has 0 radical (unpaired) electrons. The first-order valence-electron chi connectivity index (χ1n) is 6.56. The number of thiazole rings is 1. The minimum atomic E-state index is -0.493. The molecule has 0 unspecified atom stereocenters. The molecule has 122 valence electrons. The van der Waals surface area contributed by atoms with Crippen molar-refractivity contribution < 1.29 is 9.18 Å². The molecular weight excluding hydrogens is 392 g/mol. The van der Waals surface area contributed by atoms with Crippen molar-refractivity contribution >= 4 is 73.1 Å². The van der Waals surface area contributed by atoms with Crippen molar-refractivity contribution in [1.29, 1.82) is 0 Å². The van der Waals surface area contributed by atoms with Crippen molar-refractivity contribution in [2.45, 2.75) is 0 Å². The smallest absolute Gasteiger partial charge is 0.258 e. The SMILES string of the molecule is O=C(NC(=S)Nc1nc2ccc(F)cc2s1)c1cccc(Cl)c1Cl. The number of benzene rings is 2. The third-order valence-electron chi connectivity index (χ3n) is 2.99. The van der Waals surface area contributed by atoms with Crippen LogP contribution in [-0.2, 0) is 0 Å². The highest BCUT2D eigenvalue weighted by atomic mass is 35.5. The van der Waals surface area contributed by atoms with Crippen LogP contribution in [-0.4, -0.2) is 16.0 Å². The first-order valence-corrected chi connectivity index (χ1v) is 8.54. The monoisotopic (exact) mass is 399 g/mol. The van der Waals surface area contributed by atoms with Crippen LogP contribution < -0.4 is 10.6 Å². The van der Waals surface area contributed by atoms with Crippen LogP contribution in [0, 0.1) is 5.82 Å². The van der Waals surface area contributed by atoms with E-state index in [9.17, 15) is 9.18 Å². The fourth-order valence-corrected chi connectivity index (χ4v) is 3.47. The summed E-state index contributed by atoms with van der Waals surface area (Å²) in [4.78, 5) is 16.4. The Hall–Kier alpha value is -1.80. The van der Waals surface area contributed by atoms with Crippen LogP contribution in [0.25, 0.3) is 10.2 Å². The molecule has 3 rings (SSSR count). The fraction of sp³-hybridized carbons (Fsp3) is 0. The van der Waals surface area contributed by atoms with E-state index in [2.05, 4.69) is 15.6 Å². The maximum Gasteiger partial charge on any atom is 0.258 e. The van der Waals surface area contributed by atoms with E-state index in [0.29, 0.717) is 15.3 Å². The Morgan fingerprint density at radius 3 is 2.83 bits per heavy atom. The quantitative estimate of drug-likeness (QED) is 0.603. The number of halogens is 3. The van der Waals surface area contributed by atoms with E-state index >= 15 is 0 Å². The lowest BCUT2D eigenvalue weighted by molar-refractivity contribution is 0.0978. The van der Waals surface area contributed by atoms with Gasteiger partial charge < -0.3 is 5.32 Å². The van der Waals surface area contributed by atoms with Gasteiger partial charge in [0, 0.05) is 0 Å². The Kier molecular flexibility index (Phi) is 4.96.